The molecule has 1 aromatic rings. The van der Waals surface area contributed by atoms with Gasteiger partial charge in [-0.2, -0.15) is 0 Å². The molecule has 3 N–H and O–H groups in total. The minimum atomic E-state index is 0.167. The average Bonchev–Trinajstić information content (AvgIpc) is 2.45. The first kappa shape index (κ1) is 17.7. The van der Waals surface area contributed by atoms with E-state index in [0.717, 1.165) is 32.4 Å². The van der Waals surface area contributed by atoms with Crippen LogP contribution in [0.1, 0.15) is 50.2 Å². The highest BCUT2D eigenvalue weighted by Gasteiger charge is 2.09. The Morgan fingerprint density at radius 2 is 2.10 bits per heavy atom. The Kier molecular flexibility index (Phi) is 8.76. The molecule has 0 heterocycles. The lowest BCUT2D eigenvalue weighted by atomic mass is 9.94. The third-order valence-corrected chi connectivity index (χ3v) is 3.87. The van der Waals surface area contributed by atoms with E-state index in [4.69, 9.17) is 5.73 Å². The van der Waals surface area contributed by atoms with Crippen LogP contribution in [0.2, 0.25) is 0 Å². The van der Waals surface area contributed by atoms with Gasteiger partial charge in [0.2, 0.25) is 5.91 Å². The second kappa shape index (κ2) is 10.4. The largest absolute Gasteiger partial charge is 0.356 e. The van der Waals surface area contributed by atoms with Crippen LogP contribution in [-0.2, 0) is 11.2 Å². The molecule has 3 nitrogen and oxygen atoms in total. The third-order valence-electron chi connectivity index (χ3n) is 3.87. The SMILES string of the molecule is CCCC(CCN)CCC(=O)NCCc1cccc(C)c1. The van der Waals surface area contributed by atoms with Gasteiger partial charge in [0.1, 0.15) is 0 Å². The summed E-state index contributed by atoms with van der Waals surface area (Å²) >= 11 is 0. The standard InChI is InChI=1S/C18H30N2O/c1-3-5-16(10-12-19)8-9-18(21)20-13-11-17-7-4-6-15(2)14-17/h4,6-7,14,16H,3,5,8-13,19H2,1-2H3,(H,20,21). The summed E-state index contributed by atoms with van der Waals surface area (Å²) in [5, 5.41) is 3.02. The summed E-state index contributed by atoms with van der Waals surface area (Å²) in [6.07, 6.45) is 5.85. The highest BCUT2D eigenvalue weighted by Crippen LogP contribution is 2.16. The molecule has 0 radical (unpaired) electrons. The molecule has 0 saturated carbocycles. The number of amides is 1. The van der Waals surface area contributed by atoms with Crippen LogP contribution in [0.5, 0.6) is 0 Å². The van der Waals surface area contributed by atoms with Crippen molar-refractivity contribution in [1.82, 2.24) is 5.32 Å². The van der Waals surface area contributed by atoms with Crippen molar-refractivity contribution < 1.29 is 4.79 Å². The number of rotatable bonds is 10. The van der Waals surface area contributed by atoms with Crippen molar-refractivity contribution in [3.05, 3.63) is 35.4 Å². The van der Waals surface area contributed by atoms with Gasteiger partial charge in [-0.05, 0) is 44.2 Å². The van der Waals surface area contributed by atoms with Crippen LogP contribution in [-0.4, -0.2) is 19.0 Å². The van der Waals surface area contributed by atoms with E-state index in [0.29, 0.717) is 12.3 Å². The molecule has 1 atom stereocenters. The van der Waals surface area contributed by atoms with Gasteiger partial charge in [-0.1, -0.05) is 49.6 Å². The lowest BCUT2D eigenvalue weighted by Gasteiger charge is -2.14. The normalized spacial score (nSPS) is 12.1. The van der Waals surface area contributed by atoms with Crippen LogP contribution in [0.15, 0.2) is 24.3 Å². The monoisotopic (exact) mass is 290 g/mol. The first-order valence-corrected chi connectivity index (χ1v) is 8.18. The lowest BCUT2D eigenvalue weighted by Crippen LogP contribution is -2.26. The number of benzene rings is 1. The Bertz CT molecular complexity index is 411. The maximum absolute atomic E-state index is 11.9. The molecule has 0 bridgehead atoms. The van der Waals surface area contributed by atoms with Crippen molar-refractivity contribution in [3.8, 4) is 0 Å². The third kappa shape index (κ3) is 7.86. The summed E-state index contributed by atoms with van der Waals surface area (Å²) in [7, 11) is 0. The molecule has 0 aliphatic heterocycles. The van der Waals surface area contributed by atoms with Crippen molar-refractivity contribution in [2.45, 2.75) is 52.4 Å². The summed E-state index contributed by atoms with van der Waals surface area (Å²) in [6.45, 7) is 5.72. The zero-order valence-electron chi connectivity index (χ0n) is 13.5. The molecular weight excluding hydrogens is 260 g/mol. The van der Waals surface area contributed by atoms with Crippen molar-refractivity contribution in [2.24, 2.45) is 11.7 Å². The summed E-state index contributed by atoms with van der Waals surface area (Å²) < 4.78 is 0. The van der Waals surface area contributed by atoms with E-state index in [1.54, 1.807) is 0 Å². The van der Waals surface area contributed by atoms with E-state index in [-0.39, 0.29) is 5.91 Å². The fourth-order valence-corrected chi connectivity index (χ4v) is 2.71. The molecule has 0 aliphatic rings. The Hall–Kier alpha value is -1.35. The van der Waals surface area contributed by atoms with Crippen LogP contribution in [0, 0.1) is 12.8 Å². The summed E-state index contributed by atoms with van der Waals surface area (Å²) in [4.78, 5) is 11.9. The molecule has 0 aromatic heterocycles. The second-order valence-corrected chi connectivity index (χ2v) is 5.86. The van der Waals surface area contributed by atoms with Crippen molar-refractivity contribution >= 4 is 5.91 Å². The molecule has 1 unspecified atom stereocenters. The van der Waals surface area contributed by atoms with Gasteiger partial charge in [-0.15, -0.1) is 0 Å². The lowest BCUT2D eigenvalue weighted by molar-refractivity contribution is -0.121. The van der Waals surface area contributed by atoms with Crippen molar-refractivity contribution in [2.75, 3.05) is 13.1 Å². The van der Waals surface area contributed by atoms with Crippen LogP contribution in [0.25, 0.3) is 0 Å². The number of hydrogen-bond donors (Lipinski definition) is 2. The Morgan fingerprint density at radius 1 is 1.29 bits per heavy atom. The van der Waals surface area contributed by atoms with Crippen LogP contribution >= 0.6 is 0 Å². The van der Waals surface area contributed by atoms with Crippen LogP contribution < -0.4 is 11.1 Å². The van der Waals surface area contributed by atoms with Crippen LogP contribution in [0.4, 0.5) is 0 Å². The highest BCUT2D eigenvalue weighted by atomic mass is 16.1. The Balaban J connectivity index is 2.21. The van der Waals surface area contributed by atoms with Gasteiger partial charge in [0.05, 0.1) is 0 Å². The number of nitrogens with one attached hydrogen (secondary N) is 1. The fraction of sp³-hybridized carbons (Fsp3) is 0.611. The molecule has 0 saturated heterocycles. The van der Waals surface area contributed by atoms with Gasteiger partial charge in [-0.3, -0.25) is 4.79 Å². The maximum Gasteiger partial charge on any atom is 0.220 e. The van der Waals surface area contributed by atoms with E-state index in [9.17, 15) is 4.79 Å². The molecule has 1 aromatic carbocycles. The highest BCUT2D eigenvalue weighted by molar-refractivity contribution is 5.75. The summed E-state index contributed by atoms with van der Waals surface area (Å²) in [6, 6.07) is 8.43. The predicted octanol–water partition coefficient (Wildman–Crippen LogP) is 3.20. The maximum atomic E-state index is 11.9. The van der Waals surface area contributed by atoms with Gasteiger partial charge in [0, 0.05) is 13.0 Å². The van der Waals surface area contributed by atoms with E-state index in [1.165, 1.54) is 24.0 Å². The number of carbonyl (C=O) groups is 1. The smallest absolute Gasteiger partial charge is 0.220 e. The number of hydrogen-bond acceptors (Lipinski definition) is 2. The fourth-order valence-electron chi connectivity index (χ4n) is 2.71. The predicted molar refractivity (Wildman–Crippen MR) is 89.2 cm³/mol. The molecule has 3 heteroatoms. The molecule has 0 aliphatic carbocycles. The number of nitrogens with two attached hydrogens (primary N) is 1. The number of aryl methyl sites for hydroxylation is 1. The molecule has 1 rings (SSSR count). The minimum Gasteiger partial charge on any atom is -0.356 e. The first-order valence-electron chi connectivity index (χ1n) is 8.18. The van der Waals surface area contributed by atoms with Gasteiger partial charge in [-0.25, -0.2) is 0 Å². The van der Waals surface area contributed by atoms with E-state index in [2.05, 4.69) is 43.4 Å². The van der Waals surface area contributed by atoms with Gasteiger partial charge < -0.3 is 11.1 Å². The summed E-state index contributed by atoms with van der Waals surface area (Å²) in [5.41, 5.74) is 8.17. The zero-order chi connectivity index (χ0) is 15.5. The van der Waals surface area contributed by atoms with Gasteiger partial charge in [0.15, 0.2) is 0 Å². The Labute approximate surface area is 129 Å². The average molecular weight is 290 g/mol. The van der Waals surface area contributed by atoms with Gasteiger partial charge in [0.25, 0.3) is 0 Å². The molecule has 118 valence electrons. The molecule has 21 heavy (non-hydrogen) atoms. The minimum absolute atomic E-state index is 0.167. The molecule has 0 fully saturated rings. The molecule has 1 amide bonds. The first-order chi connectivity index (χ1) is 10.2. The zero-order valence-corrected chi connectivity index (χ0v) is 13.5. The van der Waals surface area contributed by atoms with E-state index >= 15 is 0 Å². The van der Waals surface area contributed by atoms with E-state index in [1.807, 2.05) is 0 Å². The Morgan fingerprint density at radius 3 is 2.76 bits per heavy atom. The van der Waals surface area contributed by atoms with Gasteiger partial charge >= 0.3 is 0 Å². The van der Waals surface area contributed by atoms with Crippen LogP contribution in [0.3, 0.4) is 0 Å². The molecular formula is C18H30N2O. The summed E-state index contributed by atoms with van der Waals surface area (Å²) in [5.74, 6) is 0.767. The number of carbonyl (C=O) groups excluding carboxylic acids is 1. The quantitative estimate of drug-likeness (QED) is 0.695. The molecule has 0 spiro atoms. The topological polar surface area (TPSA) is 55.1 Å². The van der Waals surface area contributed by atoms with Crippen molar-refractivity contribution in [1.29, 1.82) is 0 Å². The van der Waals surface area contributed by atoms with Crippen molar-refractivity contribution in [3.63, 3.8) is 0 Å². The second-order valence-electron chi connectivity index (χ2n) is 5.86. The van der Waals surface area contributed by atoms with E-state index < -0.39 is 0 Å².